The van der Waals surface area contributed by atoms with E-state index in [2.05, 4.69) is 0 Å². The lowest BCUT2D eigenvalue weighted by Crippen LogP contribution is -1.96. The van der Waals surface area contributed by atoms with Crippen LogP contribution < -0.4 is 0 Å². The van der Waals surface area contributed by atoms with Crippen LogP contribution in [0.4, 0.5) is 0 Å². The zero-order valence-corrected chi connectivity index (χ0v) is 7.81. The number of rotatable bonds is 2. The van der Waals surface area contributed by atoms with Crippen molar-refractivity contribution in [1.29, 1.82) is 0 Å². The Kier molecular flexibility index (Phi) is 2.76. The van der Waals surface area contributed by atoms with Crippen LogP contribution in [0.1, 0.15) is 15.9 Å². The Labute approximate surface area is 75.6 Å². The zero-order chi connectivity index (χ0) is 9.14. The molecule has 0 radical (unpaired) electrons. The minimum atomic E-state index is -0.870. The van der Waals surface area contributed by atoms with Gasteiger partial charge in [0.05, 0.1) is 5.56 Å². The molecule has 1 aromatic rings. The van der Waals surface area contributed by atoms with Crippen molar-refractivity contribution < 1.29 is 9.90 Å². The fourth-order valence-electron chi connectivity index (χ4n) is 1.01. The second-order valence-corrected chi connectivity index (χ2v) is 3.34. The summed E-state index contributed by atoms with van der Waals surface area (Å²) < 4.78 is 0. The average Bonchev–Trinajstić information content (AvgIpc) is 2.04. The van der Waals surface area contributed by atoms with Crippen LogP contribution in [0.25, 0.3) is 0 Å². The first-order valence-electron chi connectivity index (χ1n) is 3.53. The molecule has 0 aromatic heterocycles. The molecule has 1 rings (SSSR count). The lowest BCUT2D eigenvalue weighted by atomic mass is 10.1. The quantitative estimate of drug-likeness (QED) is 0.714. The van der Waals surface area contributed by atoms with Crippen LogP contribution in [0, 0.1) is 6.92 Å². The van der Waals surface area contributed by atoms with E-state index in [1.54, 1.807) is 23.9 Å². The fourth-order valence-corrected chi connectivity index (χ4v) is 1.60. The van der Waals surface area contributed by atoms with Crippen molar-refractivity contribution in [3.05, 3.63) is 29.3 Å². The average molecular weight is 182 g/mol. The number of aromatic carboxylic acids is 1. The first-order chi connectivity index (χ1) is 5.65. The monoisotopic (exact) mass is 182 g/mol. The minimum Gasteiger partial charge on any atom is -0.478 e. The Morgan fingerprint density at radius 2 is 2.17 bits per heavy atom. The van der Waals surface area contributed by atoms with Gasteiger partial charge >= 0.3 is 5.97 Å². The molecule has 64 valence electrons. The molecule has 0 aliphatic heterocycles. The van der Waals surface area contributed by atoms with Gasteiger partial charge in [-0.25, -0.2) is 4.79 Å². The predicted molar refractivity (Wildman–Crippen MR) is 49.9 cm³/mol. The van der Waals surface area contributed by atoms with Crippen molar-refractivity contribution in [3.8, 4) is 0 Å². The maximum atomic E-state index is 10.5. The van der Waals surface area contributed by atoms with Crippen molar-refractivity contribution in [3.63, 3.8) is 0 Å². The summed E-state index contributed by atoms with van der Waals surface area (Å²) in [6.45, 7) is 1.91. The van der Waals surface area contributed by atoms with E-state index in [9.17, 15) is 4.79 Å². The van der Waals surface area contributed by atoms with Gasteiger partial charge in [0.1, 0.15) is 0 Å². The molecule has 1 N–H and O–H groups in total. The van der Waals surface area contributed by atoms with E-state index in [0.29, 0.717) is 5.56 Å². The standard InChI is InChI=1S/C9H10O2S/c1-6-5-7(9(10)11)3-4-8(6)12-2/h3-5H,1-2H3,(H,10,11). The maximum absolute atomic E-state index is 10.5. The number of hydrogen-bond donors (Lipinski definition) is 1. The van der Waals surface area contributed by atoms with E-state index in [1.165, 1.54) is 0 Å². The molecule has 0 spiro atoms. The number of aryl methyl sites for hydroxylation is 1. The van der Waals surface area contributed by atoms with Gasteiger partial charge in [-0.2, -0.15) is 0 Å². The van der Waals surface area contributed by atoms with Gasteiger partial charge in [0, 0.05) is 4.90 Å². The third-order valence-corrected chi connectivity index (χ3v) is 2.54. The topological polar surface area (TPSA) is 37.3 Å². The Hall–Kier alpha value is -0.960. The van der Waals surface area contributed by atoms with E-state index in [1.807, 2.05) is 19.2 Å². The molecular weight excluding hydrogens is 172 g/mol. The molecular formula is C9H10O2S. The first-order valence-corrected chi connectivity index (χ1v) is 4.75. The summed E-state index contributed by atoms with van der Waals surface area (Å²) in [7, 11) is 0. The van der Waals surface area contributed by atoms with Gasteiger partial charge in [-0.3, -0.25) is 0 Å². The van der Waals surface area contributed by atoms with Crippen LogP contribution in [-0.2, 0) is 0 Å². The highest BCUT2D eigenvalue weighted by Gasteiger charge is 2.03. The van der Waals surface area contributed by atoms with Gasteiger partial charge in [-0.15, -0.1) is 11.8 Å². The molecule has 0 heterocycles. The molecule has 0 atom stereocenters. The molecule has 12 heavy (non-hydrogen) atoms. The zero-order valence-electron chi connectivity index (χ0n) is 7.00. The lowest BCUT2D eigenvalue weighted by Gasteiger charge is -2.02. The van der Waals surface area contributed by atoms with Crippen molar-refractivity contribution >= 4 is 17.7 Å². The number of carboxylic acids is 1. The molecule has 0 saturated carbocycles. The van der Waals surface area contributed by atoms with Crippen LogP contribution >= 0.6 is 11.8 Å². The van der Waals surface area contributed by atoms with Crippen molar-refractivity contribution in [2.45, 2.75) is 11.8 Å². The van der Waals surface area contributed by atoms with E-state index in [0.717, 1.165) is 10.5 Å². The second-order valence-electron chi connectivity index (χ2n) is 2.49. The Morgan fingerprint density at radius 3 is 2.58 bits per heavy atom. The molecule has 0 amide bonds. The van der Waals surface area contributed by atoms with E-state index in [4.69, 9.17) is 5.11 Å². The summed E-state index contributed by atoms with van der Waals surface area (Å²) in [6.07, 6.45) is 1.97. The summed E-state index contributed by atoms with van der Waals surface area (Å²) in [4.78, 5) is 11.7. The first kappa shape index (κ1) is 9.13. The van der Waals surface area contributed by atoms with Gasteiger partial charge in [0.15, 0.2) is 0 Å². The highest BCUT2D eigenvalue weighted by Crippen LogP contribution is 2.20. The Balaban J connectivity index is 3.10. The molecule has 1 aromatic carbocycles. The molecule has 0 unspecified atom stereocenters. The number of carboxylic acid groups (broad SMARTS) is 1. The third kappa shape index (κ3) is 1.80. The van der Waals surface area contributed by atoms with Gasteiger partial charge < -0.3 is 5.11 Å². The van der Waals surface area contributed by atoms with Gasteiger partial charge in [-0.1, -0.05) is 0 Å². The normalized spacial score (nSPS) is 9.83. The molecule has 0 fully saturated rings. The molecule has 0 saturated heterocycles. The summed E-state index contributed by atoms with van der Waals surface area (Å²) in [5, 5.41) is 8.67. The van der Waals surface area contributed by atoms with Crippen LogP contribution in [0.15, 0.2) is 23.1 Å². The third-order valence-electron chi connectivity index (χ3n) is 1.64. The SMILES string of the molecule is CSc1ccc(C(=O)O)cc1C. The maximum Gasteiger partial charge on any atom is 0.335 e. The number of benzene rings is 1. The number of carbonyl (C=O) groups is 1. The van der Waals surface area contributed by atoms with Crippen LogP contribution in [0.5, 0.6) is 0 Å². The molecule has 2 nitrogen and oxygen atoms in total. The second kappa shape index (κ2) is 3.63. The Bertz CT molecular complexity index is 307. The molecule has 0 aliphatic rings. The van der Waals surface area contributed by atoms with Crippen molar-refractivity contribution in [1.82, 2.24) is 0 Å². The summed E-state index contributed by atoms with van der Waals surface area (Å²) in [5.41, 5.74) is 1.37. The fraction of sp³-hybridized carbons (Fsp3) is 0.222. The smallest absolute Gasteiger partial charge is 0.335 e. The molecule has 0 bridgehead atoms. The molecule has 3 heteroatoms. The summed E-state index contributed by atoms with van der Waals surface area (Å²) >= 11 is 1.62. The predicted octanol–water partition coefficient (Wildman–Crippen LogP) is 2.42. The van der Waals surface area contributed by atoms with Crippen molar-refractivity contribution in [2.24, 2.45) is 0 Å². The summed E-state index contributed by atoms with van der Waals surface area (Å²) in [6, 6.07) is 5.15. The van der Waals surface area contributed by atoms with E-state index >= 15 is 0 Å². The van der Waals surface area contributed by atoms with Crippen LogP contribution in [0.2, 0.25) is 0 Å². The Morgan fingerprint density at radius 1 is 1.50 bits per heavy atom. The van der Waals surface area contributed by atoms with Crippen molar-refractivity contribution in [2.75, 3.05) is 6.26 Å². The highest BCUT2D eigenvalue weighted by atomic mass is 32.2. The van der Waals surface area contributed by atoms with E-state index in [-0.39, 0.29) is 0 Å². The van der Waals surface area contributed by atoms with Crippen LogP contribution in [0.3, 0.4) is 0 Å². The van der Waals surface area contributed by atoms with Crippen LogP contribution in [-0.4, -0.2) is 17.3 Å². The van der Waals surface area contributed by atoms with Gasteiger partial charge in [-0.05, 0) is 36.9 Å². The highest BCUT2D eigenvalue weighted by molar-refractivity contribution is 7.98. The summed E-state index contributed by atoms with van der Waals surface area (Å²) in [5.74, 6) is -0.870. The largest absolute Gasteiger partial charge is 0.478 e. The number of hydrogen-bond acceptors (Lipinski definition) is 2. The van der Waals surface area contributed by atoms with E-state index < -0.39 is 5.97 Å². The number of thioether (sulfide) groups is 1. The minimum absolute atomic E-state index is 0.352. The van der Waals surface area contributed by atoms with Gasteiger partial charge in [0.2, 0.25) is 0 Å². The lowest BCUT2D eigenvalue weighted by molar-refractivity contribution is 0.0696. The van der Waals surface area contributed by atoms with Gasteiger partial charge in [0.25, 0.3) is 0 Å². The molecule has 0 aliphatic carbocycles.